The molecule has 0 spiro atoms. The summed E-state index contributed by atoms with van der Waals surface area (Å²) in [5.41, 5.74) is 3.73. The zero-order valence-corrected chi connectivity index (χ0v) is 12.7. The predicted octanol–water partition coefficient (Wildman–Crippen LogP) is 4.81. The van der Waals surface area contributed by atoms with Crippen molar-refractivity contribution in [3.63, 3.8) is 0 Å². The SMILES string of the molecule is COc1ccc(NC(c2ccc(C)cc2)C(C)C)cc1. The summed E-state index contributed by atoms with van der Waals surface area (Å²) >= 11 is 0. The van der Waals surface area contributed by atoms with Crippen molar-refractivity contribution >= 4 is 5.69 Å². The van der Waals surface area contributed by atoms with Gasteiger partial charge in [0.15, 0.2) is 0 Å². The van der Waals surface area contributed by atoms with E-state index in [1.165, 1.54) is 11.1 Å². The van der Waals surface area contributed by atoms with Gasteiger partial charge in [-0.1, -0.05) is 43.7 Å². The normalized spacial score (nSPS) is 12.2. The van der Waals surface area contributed by atoms with Gasteiger partial charge < -0.3 is 10.1 Å². The fraction of sp³-hybridized carbons (Fsp3) is 0.333. The Morgan fingerprint density at radius 2 is 1.50 bits per heavy atom. The quantitative estimate of drug-likeness (QED) is 0.840. The molecule has 0 aliphatic rings. The molecule has 0 radical (unpaired) electrons. The summed E-state index contributed by atoms with van der Waals surface area (Å²) in [7, 11) is 1.69. The Morgan fingerprint density at radius 3 is 2.00 bits per heavy atom. The summed E-state index contributed by atoms with van der Waals surface area (Å²) in [6.07, 6.45) is 0. The van der Waals surface area contributed by atoms with Crippen LogP contribution in [0.5, 0.6) is 5.75 Å². The highest BCUT2D eigenvalue weighted by atomic mass is 16.5. The molecule has 2 rings (SSSR count). The Balaban J connectivity index is 2.18. The van der Waals surface area contributed by atoms with Crippen LogP contribution in [0.3, 0.4) is 0 Å². The first-order valence-corrected chi connectivity index (χ1v) is 7.07. The second kappa shape index (κ2) is 6.47. The van der Waals surface area contributed by atoms with Gasteiger partial charge in [-0.05, 0) is 42.7 Å². The third-order valence-electron chi connectivity index (χ3n) is 3.52. The number of nitrogens with one attached hydrogen (secondary N) is 1. The van der Waals surface area contributed by atoms with E-state index in [1.807, 2.05) is 12.1 Å². The summed E-state index contributed by atoms with van der Waals surface area (Å²) < 4.78 is 5.19. The molecule has 20 heavy (non-hydrogen) atoms. The Kier molecular flexibility index (Phi) is 4.67. The largest absolute Gasteiger partial charge is 0.497 e. The molecule has 2 heteroatoms. The zero-order valence-electron chi connectivity index (χ0n) is 12.7. The number of hydrogen-bond donors (Lipinski definition) is 1. The molecule has 0 aromatic heterocycles. The van der Waals surface area contributed by atoms with Crippen molar-refractivity contribution < 1.29 is 4.74 Å². The molecule has 0 fully saturated rings. The highest BCUT2D eigenvalue weighted by Crippen LogP contribution is 2.27. The van der Waals surface area contributed by atoms with Crippen molar-refractivity contribution in [2.75, 3.05) is 12.4 Å². The predicted molar refractivity (Wildman–Crippen MR) is 85.4 cm³/mol. The van der Waals surface area contributed by atoms with Crippen molar-refractivity contribution in [3.8, 4) is 5.75 Å². The van der Waals surface area contributed by atoms with Crippen LogP contribution in [-0.2, 0) is 0 Å². The van der Waals surface area contributed by atoms with Gasteiger partial charge in [0.25, 0.3) is 0 Å². The molecule has 2 aromatic rings. The van der Waals surface area contributed by atoms with Crippen LogP contribution in [0.25, 0.3) is 0 Å². The molecule has 2 aromatic carbocycles. The zero-order chi connectivity index (χ0) is 14.5. The maximum absolute atomic E-state index is 5.19. The minimum absolute atomic E-state index is 0.309. The van der Waals surface area contributed by atoms with Crippen LogP contribution < -0.4 is 10.1 Å². The van der Waals surface area contributed by atoms with Crippen molar-refractivity contribution in [3.05, 3.63) is 59.7 Å². The maximum Gasteiger partial charge on any atom is 0.119 e. The first kappa shape index (κ1) is 14.4. The standard InChI is InChI=1S/C18H23NO/c1-13(2)18(15-7-5-14(3)6-8-15)19-16-9-11-17(20-4)12-10-16/h5-13,18-19H,1-4H3. The molecule has 1 unspecified atom stereocenters. The van der Waals surface area contributed by atoms with Crippen LogP contribution >= 0.6 is 0 Å². The van der Waals surface area contributed by atoms with Gasteiger partial charge in [-0.15, -0.1) is 0 Å². The molecular weight excluding hydrogens is 246 g/mol. The van der Waals surface area contributed by atoms with E-state index in [2.05, 4.69) is 62.5 Å². The van der Waals surface area contributed by atoms with Crippen molar-refractivity contribution in [1.29, 1.82) is 0 Å². The van der Waals surface area contributed by atoms with Gasteiger partial charge in [0.1, 0.15) is 5.75 Å². The molecule has 0 aliphatic carbocycles. The lowest BCUT2D eigenvalue weighted by Gasteiger charge is -2.24. The molecule has 1 N–H and O–H groups in total. The van der Waals surface area contributed by atoms with E-state index in [4.69, 9.17) is 4.74 Å². The summed E-state index contributed by atoms with van der Waals surface area (Å²) in [6, 6.07) is 17.1. The van der Waals surface area contributed by atoms with E-state index in [0.29, 0.717) is 12.0 Å². The second-order valence-electron chi connectivity index (χ2n) is 5.51. The molecule has 0 aliphatic heterocycles. The van der Waals surface area contributed by atoms with Crippen LogP contribution in [0.4, 0.5) is 5.69 Å². The van der Waals surface area contributed by atoms with Crippen LogP contribution in [0.15, 0.2) is 48.5 Å². The molecule has 1 atom stereocenters. The average molecular weight is 269 g/mol. The molecular formula is C18H23NO. The molecule has 0 bridgehead atoms. The average Bonchev–Trinajstić information content (AvgIpc) is 2.46. The lowest BCUT2D eigenvalue weighted by Crippen LogP contribution is -2.16. The van der Waals surface area contributed by atoms with Crippen LogP contribution in [0.2, 0.25) is 0 Å². The minimum Gasteiger partial charge on any atom is -0.497 e. The van der Waals surface area contributed by atoms with E-state index < -0.39 is 0 Å². The molecule has 2 nitrogen and oxygen atoms in total. The number of aryl methyl sites for hydroxylation is 1. The lowest BCUT2D eigenvalue weighted by molar-refractivity contribution is 0.415. The van der Waals surface area contributed by atoms with Gasteiger partial charge in [-0.2, -0.15) is 0 Å². The Bertz CT molecular complexity index is 528. The minimum atomic E-state index is 0.309. The van der Waals surface area contributed by atoms with Crippen molar-refractivity contribution in [2.45, 2.75) is 26.8 Å². The van der Waals surface area contributed by atoms with E-state index in [0.717, 1.165) is 11.4 Å². The Hall–Kier alpha value is -1.96. The molecule has 0 saturated heterocycles. The summed E-state index contributed by atoms with van der Waals surface area (Å²) in [4.78, 5) is 0. The number of anilines is 1. The first-order valence-electron chi connectivity index (χ1n) is 7.07. The topological polar surface area (TPSA) is 21.3 Å². The van der Waals surface area contributed by atoms with E-state index in [-0.39, 0.29) is 0 Å². The molecule has 0 heterocycles. The fourth-order valence-electron chi connectivity index (χ4n) is 2.28. The first-order chi connectivity index (χ1) is 9.60. The third kappa shape index (κ3) is 3.53. The van der Waals surface area contributed by atoms with Gasteiger partial charge >= 0.3 is 0 Å². The van der Waals surface area contributed by atoms with Gasteiger partial charge in [0.05, 0.1) is 13.2 Å². The van der Waals surface area contributed by atoms with E-state index >= 15 is 0 Å². The smallest absolute Gasteiger partial charge is 0.119 e. The maximum atomic E-state index is 5.19. The summed E-state index contributed by atoms with van der Waals surface area (Å²) in [6.45, 7) is 6.59. The number of benzene rings is 2. The van der Waals surface area contributed by atoms with Crippen molar-refractivity contribution in [2.24, 2.45) is 5.92 Å². The van der Waals surface area contributed by atoms with Gasteiger partial charge in [0.2, 0.25) is 0 Å². The van der Waals surface area contributed by atoms with Gasteiger partial charge in [-0.25, -0.2) is 0 Å². The third-order valence-corrected chi connectivity index (χ3v) is 3.52. The number of methoxy groups -OCH3 is 1. The van der Waals surface area contributed by atoms with Crippen molar-refractivity contribution in [1.82, 2.24) is 0 Å². The lowest BCUT2D eigenvalue weighted by atomic mass is 9.95. The monoisotopic (exact) mass is 269 g/mol. The van der Waals surface area contributed by atoms with E-state index in [9.17, 15) is 0 Å². The summed E-state index contributed by atoms with van der Waals surface area (Å²) in [5, 5.41) is 3.61. The molecule has 0 amide bonds. The van der Waals surface area contributed by atoms with Gasteiger partial charge in [-0.3, -0.25) is 0 Å². The highest BCUT2D eigenvalue weighted by molar-refractivity contribution is 5.48. The van der Waals surface area contributed by atoms with Crippen LogP contribution in [0, 0.1) is 12.8 Å². The van der Waals surface area contributed by atoms with E-state index in [1.54, 1.807) is 7.11 Å². The Labute approximate surface area is 121 Å². The number of rotatable bonds is 5. The number of ether oxygens (including phenoxy) is 1. The molecule has 106 valence electrons. The summed E-state index contributed by atoms with van der Waals surface area (Å²) in [5.74, 6) is 1.40. The fourth-order valence-corrected chi connectivity index (χ4v) is 2.28. The highest BCUT2D eigenvalue weighted by Gasteiger charge is 2.15. The molecule has 0 saturated carbocycles. The van der Waals surface area contributed by atoms with Crippen LogP contribution in [-0.4, -0.2) is 7.11 Å². The van der Waals surface area contributed by atoms with Gasteiger partial charge in [0, 0.05) is 5.69 Å². The Morgan fingerprint density at radius 1 is 0.900 bits per heavy atom. The van der Waals surface area contributed by atoms with Crippen LogP contribution in [0.1, 0.15) is 31.0 Å². The second-order valence-corrected chi connectivity index (χ2v) is 5.51. The number of hydrogen-bond acceptors (Lipinski definition) is 2.